The maximum absolute atomic E-state index is 14.3. The van der Waals surface area contributed by atoms with Crippen LogP contribution in [0.3, 0.4) is 0 Å². The van der Waals surface area contributed by atoms with E-state index in [1.165, 1.54) is 11.6 Å². The van der Waals surface area contributed by atoms with Crippen molar-refractivity contribution in [3.63, 3.8) is 0 Å². The lowest BCUT2D eigenvalue weighted by Gasteiger charge is -2.40. The van der Waals surface area contributed by atoms with Gasteiger partial charge in [0.2, 0.25) is 0 Å². The normalized spacial score (nSPS) is 17.7. The van der Waals surface area contributed by atoms with Crippen molar-refractivity contribution in [1.29, 1.82) is 0 Å². The quantitative estimate of drug-likeness (QED) is 0.578. The van der Waals surface area contributed by atoms with Crippen molar-refractivity contribution >= 4 is 11.6 Å². The van der Waals surface area contributed by atoms with Crippen LogP contribution in [0.4, 0.5) is 10.1 Å². The smallest absolute Gasteiger partial charge is 0.258 e. The highest BCUT2D eigenvalue weighted by atomic mass is 19.1. The zero-order valence-electron chi connectivity index (χ0n) is 17.9. The number of benzene rings is 3. The summed E-state index contributed by atoms with van der Waals surface area (Å²) in [4.78, 5) is 17.7. The SMILES string of the molecule is Cc1cccc(C(=O)N2CC3(CCN(Cc4ccccc4)CC3)c3cc(F)ccc32)c1. The van der Waals surface area contributed by atoms with Gasteiger partial charge in [-0.2, -0.15) is 0 Å². The number of piperidine rings is 1. The Balaban J connectivity index is 1.40. The zero-order chi connectivity index (χ0) is 21.4. The first-order valence-electron chi connectivity index (χ1n) is 11.0. The highest BCUT2D eigenvalue weighted by Crippen LogP contribution is 2.47. The van der Waals surface area contributed by atoms with Gasteiger partial charge in [0.05, 0.1) is 0 Å². The molecule has 3 aromatic carbocycles. The van der Waals surface area contributed by atoms with Crippen LogP contribution >= 0.6 is 0 Å². The molecule has 31 heavy (non-hydrogen) atoms. The van der Waals surface area contributed by atoms with Gasteiger partial charge in [-0.3, -0.25) is 9.69 Å². The number of rotatable bonds is 3. The van der Waals surface area contributed by atoms with E-state index in [4.69, 9.17) is 0 Å². The Bertz CT molecular complexity index is 1100. The predicted molar refractivity (Wildman–Crippen MR) is 122 cm³/mol. The third-order valence-electron chi connectivity index (χ3n) is 6.85. The van der Waals surface area contributed by atoms with Crippen molar-refractivity contribution in [2.24, 2.45) is 0 Å². The second kappa shape index (κ2) is 7.93. The number of hydrogen-bond donors (Lipinski definition) is 0. The van der Waals surface area contributed by atoms with Crippen LogP contribution < -0.4 is 4.90 Å². The largest absolute Gasteiger partial charge is 0.307 e. The summed E-state index contributed by atoms with van der Waals surface area (Å²) in [7, 11) is 0. The van der Waals surface area contributed by atoms with Gasteiger partial charge < -0.3 is 4.90 Å². The summed E-state index contributed by atoms with van der Waals surface area (Å²) in [5, 5.41) is 0. The third-order valence-corrected chi connectivity index (χ3v) is 6.85. The fourth-order valence-electron chi connectivity index (χ4n) is 5.16. The topological polar surface area (TPSA) is 23.6 Å². The van der Waals surface area contributed by atoms with Gasteiger partial charge in [-0.05, 0) is 74.3 Å². The number of fused-ring (bicyclic) bond motifs is 2. The number of carbonyl (C=O) groups is 1. The highest BCUT2D eigenvalue weighted by Gasteiger charge is 2.46. The molecule has 3 aromatic rings. The van der Waals surface area contributed by atoms with Gasteiger partial charge in [0.15, 0.2) is 0 Å². The molecule has 0 N–H and O–H groups in total. The van der Waals surface area contributed by atoms with Crippen molar-refractivity contribution in [1.82, 2.24) is 4.90 Å². The van der Waals surface area contributed by atoms with E-state index in [0.717, 1.165) is 49.3 Å². The zero-order valence-corrected chi connectivity index (χ0v) is 17.9. The molecular formula is C27H27FN2O. The molecule has 4 heteroatoms. The summed E-state index contributed by atoms with van der Waals surface area (Å²) in [6.45, 7) is 5.43. The molecule has 0 aromatic heterocycles. The van der Waals surface area contributed by atoms with Gasteiger partial charge in [0.25, 0.3) is 5.91 Å². The molecule has 0 bridgehead atoms. The van der Waals surface area contributed by atoms with Crippen LogP contribution in [0, 0.1) is 12.7 Å². The first-order valence-corrected chi connectivity index (χ1v) is 11.0. The van der Waals surface area contributed by atoms with E-state index in [-0.39, 0.29) is 17.1 Å². The summed E-state index contributed by atoms with van der Waals surface area (Å²) < 4.78 is 14.3. The van der Waals surface area contributed by atoms with E-state index in [0.29, 0.717) is 12.1 Å². The van der Waals surface area contributed by atoms with Gasteiger partial charge in [-0.15, -0.1) is 0 Å². The number of anilines is 1. The summed E-state index contributed by atoms with van der Waals surface area (Å²) in [6, 6.07) is 23.1. The summed E-state index contributed by atoms with van der Waals surface area (Å²) >= 11 is 0. The van der Waals surface area contributed by atoms with E-state index in [9.17, 15) is 9.18 Å². The Morgan fingerprint density at radius 2 is 1.74 bits per heavy atom. The minimum atomic E-state index is -0.227. The molecule has 1 spiro atoms. The Labute approximate surface area is 183 Å². The number of aryl methyl sites for hydroxylation is 1. The van der Waals surface area contributed by atoms with Crippen LogP contribution in [-0.2, 0) is 12.0 Å². The molecule has 0 radical (unpaired) electrons. The van der Waals surface area contributed by atoms with Crippen LogP contribution in [0.1, 0.15) is 39.9 Å². The fourth-order valence-corrected chi connectivity index (χ4v) is 5.16. The van der Waals surface area contributed by atoms with Crippen LogP contribution in [0.15, 0.2) is 72.8 Å². The number of nitrogens with zero attached hydrogens (tertiary/aromatic N) is 2. The second-order valence-corrected chi connectivity index (χ2v) is 8.96. The number of carbonyl (C=O) groups excluding carboxylic acids is 1. The second-order valence-electron chi connectivity index (χ2n) is 8.96. The van der Waals surface area contributed by atoms with Crippen LogP contribution in [-0.4, -0.2) is 30.4 Å². The number of hydrogen-bond acceptors (Lipinski definition) is 2. The van der Waals surface area contributed by atoms with Gasteiger partial charge in [-0.1, -0.05) is 48.0 Å². The van der Waals surface area contributed by atoms with Crippen molar-refractivity contribution in [3.05, 3.63) is 101 Å². The Morgan fingerprint density at radius 3 is 2.48 bits per heavy atom. The molecule has 0 atom stereocenters. The fraction of sp³-hybridized carbons (Fsp3) is 0.296. The average Bonchev–Trinajstić information content (AvgIpc) is 3.09. The van der Waals surface area contributed by atoms with Gasteiger partial charge in [-0.25, -0.2) is 4.39 Å². The minimum Gasteiger partial charge on any atom is -0.307 e. The maximum atomic E-state index is 14.3. The molecular weight excluding hydrogens is 387 g/mol. The molecule has 5 rings (SSSR count). The van der Waals surface area contributed by atoms with E-state index >= 15 is 0 Å². The number of amides is 1. The standard InChI is InChI=1S/C27H27FN2O/c1-20-6-5-9-22(16-20)26(31)30-19-27(24-17-23(28)10-11-25(24)30)12-14-29(15-13-27)18-21-7-3-2-4-8-21/h2-11,16-17H,12-15,18-19H2,1H3. The minimum absolute atomic E-state index is 0.000137. The Morgan fingerprint density at radius 1 is 0.968 bits per heavy atom. The van der Waals surface area contributed by atoms with E-state index in [1.54, 1.807) is 12.1 Å². The molecule has 1 amide bonds. The van der Waals surface area contributed by atoms with Gasteiger partial charge in [0.1, 0.15) is 5.82 Å². The van der Waals surface area contributed by atoms with Gasteiger partial charge in [0, 0.05) is 29.8 Å². The lowest BCUT2D eigenvalue weighted by atomic mass is 9.74. The highest BCUT2D eigenvalue weighted by molar-refractivity contribution is 6.07. The van der Waals surface area contributed by atoms with Crippen molar-refractivity contribution < 1.29 is 9.18 Å². The molecule has 1 fully saturated rings. The van der Waals surface area contributed by atoms with Gasteiger partial charge >= 0.3 is 0 Å². The molecule has 2 aliphatic heterocycles. The van der Waals surface area contributed by atoms with Crippen molar-refractivity contribution in [3.8, 4) is 0 Å². The Kier molecular flexibility index (Phi) is 5.11. The summed E-state index contributed by atoms with van der Waals surface area (Å²) in [5.74, 6) is -0.227. The summed E-state index contributed by atoms with van der Waals surface area (Å²) in [5.41, 5.74) is 4.75. The van der Waals surface area contributed by atoms with Crippen molar-refractivity contribution in [2.75, 3.05) is 24.5 Å². The first-order chi connectivity index (χ1) is 15.0. The van der Waals surface area contributed by atoms with Crippen LogP contribution in [0.5, 0.6) is 0 Å². The molecule has 2 heterocycles. The maximum Gasteiger partial charge on any atom is 0.258 e. The lowest BCUT2D eigenvalue weighted by molar-refractivity contribution is 0.0975. The monoisotopic (exact) mass is 414 g/mol. The molecule has 0 unspecified atom stereocenters. The van der Waals surface area contributed by atoms with Crippen molar-refractivity contribution in [2.45, 2.75) is 31.7 Å². The average molecular weight is 415 g/mol. The molecule has 0 aliphatic carbocycles. The molecule has 158 valence electrons. The lowest BCUT2D eigenvalue weighted by Crippen LogP contribution is -2.45. The van der Waals surface area contributed by atoms with E-state index in [1.807, 2.05) is 42.2 Å². The van der Waals surface area contributed by atoms with E-state index in [2.05, 4.69) is 29.2 Å². The third kappa shape index (κ3) is 3.77. The molecule has 3 nitrogen and oxygen atoms in total. The number of halogens is 1. The summed E-state index contributed by atoms with van der Waals surface area (Å²) in [6.07, 6.45) is 1.85. The first kappa shape index (κ1) is 20.0. The Hall–Kier alpha value is -2.98. The van der Waals surface area contributed by atoms with E-state index < -0.39 is 0 Å². The molecule has 2 aliphatic rings. The molecule has 1 saturated heterocycles. The molecule has 0 saturated carbocycles. The van der Waals surface area contributed by atoms with Crippen LogP contribution in [0.25, 0.3) is 0 Å². The van der Waals surface area contributed by atoms with Crippen LogP contribution in [0.2, 0.25) is 0 Å². The predicted octanol–water partition coefficient (Wildman–Crippen LogP) is 5.33. The number of likely N-dealkylation sites (tertiary alicyclic amines) is 1.